The minimum Gasteiger partial charge on any atom is -0.492 e. The number of hydrogen-bond donors (Lipinski definition) is 2. The Balaban J connectivity index is 2.37. The summed E-state index contributed by atoms with van der Waals surface area (Å²) in [6.45, 7) is 3.29. The van der Waals surface area contributed by atoms with E-state index in [0.29, 0.717) is 5.69 Å². The normalized spacial score (nSPS) is 11.9. The SMILES string of the molecule is CCOc1cc(N)ccc1S(=O)(=O)Nc1ccc(C)c(OC(F)(F)F)c1. The molecule has 3 N–H and O–H groups in total. The molecule has 0 aromatic heterocycles. The lowest BCUT2D eigenvalue weighted by atomic mass is 10.2. The van der Waals surface area contributed by atoms with E-state index in [-0.39, 0.29) is 28.5 Å². The Morgan fingerprint density at radius 3 is 2.42 bits per heavy atom. The van der Waals surface area contributed by atoms with Gasteiger partial charge in [-0.25, -0.2) is 8.42 Å². The van der Waals surface area contributed by atoms with Gasteiger partial charge in [0.25, 0.3) is 10.0 Å². The van der Waals surface area contributed by atoms with E-state index in [0.717, 1.165) is 6.07 Å². The van der Waals surface area contributed by atoms with Crippen molar-refractivity contribution in [2.24, 2.45) is 0 Å². The van der Waals surface area contributed by atoms with Crippen LogP contribution in [0.15, 0.2) is 41.3 Å². The van der Waals surface area contributed by atoms with E-state index in [2.05, 4.69) is 9.46 Å². The highest BCUT2D eigenvalue weighted by Crippen LogP contribution is 2.32. The highest BCUT2D eigenvalue weighted by atomic mass is 32.2. The Hall–Kier alpha value is -2.62. The standard InChI is InChI=1S/C16H17F3N2O4S/c1-3-24-14-8-11(20)5-7-15(14)26(22,23)21-12-6-4-10(2)13(9-12)25-16(17,18)19/h4-9,21H,3,20H2,1-2H3. The van der Waals surface area contributed by atoms with Crippen LogP contribution in [0.4, 0.5) is 24.5 Å². The third-order valence-corrected chi connectivity index (χ3v) is 4.64. The van der Waals surface area contributed by atoms with Crippen molar-refractivity contribution in [3.05, 3.63) is 42.0 Å². The number of anilines is 2. The quantitative estimate of drug-likeness (QED) is 0.735. The van der Waals surface area contributed by atoms with Gasteiger partial charge in [0.05, 0.1) is 12.3 Å². The first-order chi connectivity index (χ1) is 12.0. The first kappa shape index (κ1) is 19.7. The van der Waals surface area contributed by atoms with Crippen molar-refractivity contribution in [1.29, 1.82) is 0 Å². The average Bonchev–Trinajstić information content (AvgIpc) is 2.49. The van der Waals surface area contributed by atoms with Gasteiger partial charge >= 0.3 is 6.36 Å². The predicted molar refractivity (Wildman–Crippen MR) is 90.7 cm³/mol. The number of alkyl halides is 3. The van der Waals surface area contributed by atoms with E-state index in [4.69, 9.17) is 10.5 Å². The summed E-state index contributed by atoms with van der Waals surface area (Å²) >= 11 is 0. The molecule has 0 atom stereocenters. The van der Waals surface area contributed by atoms with Crippen molar-refractivity contribution >= 4 is 21.4 Å². The number of nitrogens with two attached hydrogens (primary N) is 1. The van der Waals surface area contributed by atoms with Crippen LogP contribution in [0.3, 0.4) is 0 Å². The van der Waals surface area contributed by atoms with Gasteiger partial charge in [-0.05, 0) is 37.6 Å². The minimum atomic E-state index is -4.89. The molecule has 6 nitrogen and oxygen atoms in total. The summed E-state index contributed by atoms with van der Waals surface area (Å²) in [5.41, 5.74) is 6.05. The third-order valence-electron chi connectivity index (χ3n) is 3.22. The lowest BCUT2D eigenvalue weighted by molar-refractivity contribution is -0.274. The Morgan fingerprint density at radius 1 is 1.12 bits per heavy atom. The van der Waals surface area contributed by atoms with Gasteiger partial charge in [0.15, 0.2) is 0 Å². The number of rotatable bonds is 6. The molecule has 142 valence electrons. The average molecular weight is 390 g/mol. The van der Waals surface area contributed by atoms with E-state index in [1.165, 1.54) is 37.3 Å². The molecule has 10 heteroatoms. The topological polar surface area (TPSA) is 90.7 Å². The molecule has 2 aromatic rings. The van der Waals surface area contributed by atoms with Crippen molar-refractivity contribution in [3.8, 4) is 11.5 Å². The second-order valence-corrected chi connectivity index (χ2v) is 6.92. The van der Waals surface area contributed by atoms with Crippen LogP contribution in [0, 0.1) is 6.92 Å². The van der Waals surface area contributed by atoms with Crippen LogP contribution in [0.1, 0.15) is 12.5 Å². The highest BCUT2D eigenvalue weighted by Gasteiger charge is 2.32. The third kappa shape index (κ3) is 4.94. The van der Waals surface area contributed by atoms with E-state index >= 15 is 0 Å². The number of ether oxygens (including phenoxy) is 2. The second kappa shape index (κ2) is 7.32. The minimum absolute atomic E-state index is 0.0406. The zero-order valence-corrected chi connectivity index (χ0v) is 14.7. The number of benzene rings is 2. The van der Waals surface area contributed by atoms with Gasteiger partial charge in [0, 0.05) is 17.8 Å². The van der Waals surface area contributed by atoms with Gasteiger partial charge in [-0.15, -0.1) is 13.2 Å². The molecule has 0 fully saturated rings. The molecule has 0 heterocycles. The number of nitrogen functional groups attached to an aromatic ring is 1. The maximum absolute atomic E-state index is 12.6. The van der Waals surface area contributed by atoms with E-state index in [1.54, 1.807) is 6.92 Å². The van der Waals surface area contributed by atoms with Crippen LogP contribution in [-0.2, 0) is 10.0 Å². The van der Waals surface area contributed by atoms with Crippen LogP contribution in [0.25, 0.3) is 0 Å². The van der Waals surface area contributed by atoms with E-state index in [1.807, 2.05) is 0 Å². The molecule has 26 heavy (non-hydrogen) atoms. The summed E-state index contributed by atoms with van der Waals surface area (Å²) in [6.07, 6.45) is -4.89. The van der Waals surface area contributed by atoms with Crippen LogP contribution in [0.5, 0.6) is 11.5 Å². The van der Waals surface area contributed by atoms with Crippen molar-refractivity contribution < 1.29 is 31.1 Å². The fraction of sp³-hybridized carbons (Fsp3) is 0.250. The molecule has 2 rings (SSSR count). The van der Waals surface area contributed by atoms with Gasteiger partial charge in [0.2, 0.25) is 0 Å². The number of nitrogens with one attached hydrogen (secondary N) is 1. The lowest BCUT2D eigenvalue weighted by Gasteiger charge is -2.15. The summed E-state index contributed by atoms with van der Waals surface area (Å²) in [5, 5.41) is 0. The largest absolute Gasteiger partial charge is 0.573 e. The molecule has 0 aliphatic carbocycles. The van der Waals surface area contributed by atoms with Gasteiger partial charge in [-0.3, -0.25) is 4.72 Å². The maximum atomic E-state index is 12.6. The van der Waals surface area contributed by atoms with Crippen molar-refractivity contribution in [1.82, 2.24) is 0 Å². The molecule has 0 aliphatic rings. The molecular weight excluding hydrogens is 373 g/mol. The number of hydrogen-bond acceptors (Lipinski definition) is 5. The van der Waals surface area contributed by atoms with Crippen molar-refractivity contribution in [2.45, 2.75) is 25.1 Å². The van der Waals surface area contributed by atoms with Crippen LogP contribution in [0.2, 0.25) is 0 Å². The molecule has 2 aromatic carbocycles. The fourth-order valence-corrected chi connectivity index (χ4v) is 3.30. The second-order valence-electron chi connectivity index (χ2n) is 5.27. The van der Waals surface area contributed by atoms with Crippen LogP contribution < -0.4 is 19.9 Å². The number of halogens is 3. The molecule has 0 spiro atoms. The molecule has 0 bridgehead atoms. The van der Waals surface area contributed by atoms with Crippen LogP contribution in [-0.4, -0.2) is 21.4 Å². The lowest BCUT2D eigenvalue weighted by Crippen LogP contribution is -2.18. The molecule has 0 saturated carbocycles. The van der Waals surface area contributed by atoms with Gasteiger partial charge in [-0.1, -0.05) is 6.07 Å². The fourth-order valence-electron chi connectivity index (χ4n) is 2.12. The number of aryl methyl sites for hydroxylation is 1. The van der Waals surface area contributed by atoms with Crippen LogP contribution >= 0.6 is 0 Å². The molecule has 0 unspecified atom stereocenters. The predicted octanol–water partition coefficient (Wildman–Crippen LogP) is 3.68. The first-order valence-corrected chi connectivity index (χ1v) is 8.91. The Morgan fingerprint density at radius 2 is 1.81 bits per heavy atom. The Labute approximate surface area is 148 Å². The molecular formula is C16H17F3N2O4S. The van der Waals surface area contributed by atoms with Gasteiger partial charge < -0.3 is 15.2 Å². The number of sulfonamides is 1. The summed E-state index contributed by atoms with van der Waals surface area (Å²) in [7, 11) is -4.12. The highest BCUT2D eigenvalue weighted by molar-refractivity contribution is 7.92. The first-order valence-electron chi connectivity index (χ1n) is 7.43. The van der Waals surface area contributed by atoms with E-state index in [9.17, 15) is 21.6 Å². The molecule has 0 saturated heterocycles. The molecule has 0 amide bonds. The Bertz CT molecular complexity index is 899. The smallest absolute Gasteiger partial charge is 0.492 e. The summed E-state index contributed by atoms with van der Waals surface area (Å²) in [5.74, 6) is -0.459. The summed E-state index contributed by atoms with van der Waals surface area (Å²) in [4.78, 5) is -0.188. The summed E-state index contributed by atoms with van der Waals surface area (Å²) < 4.78 is 73.9. The van der Waals surface area contributed by atoms with Crippen molar-refractivity contribution in [3.63, 3.8) is 0 Å². The zero-order chi connectivity index (χ0) is 19.5. The van der Waals surface area contributed by atoms with Gasteiger partial charge in [0.1, 0.15) is 16.4 Å². The maximum Gasteiger partial charge on any atom is 0.573 e. The summed E-state index contributed by atoms with van der Waals surface area (Å²) in [6, 6.07) is 7.58. The van der Waals surface area contributed by atoms with E-state index < -0.39 is 22.1 Å². The molecule has 0 radical (unpaired) electrons. The zero-order valence-electron chi connectivity index (χ0n) is 13.9. The molecule has 0 aliphatic heterocycles. The Kier molecular flexibility index (Phi) is 5.55. The van der Waals surface area contributed by atoms with Gasteiger partial charge in [-0.2, -0.15) is 0 Å². The monoisotopic (exact) mass is 390 g/mol. The van der Waals surface area contributed by atoms with Crippen molar-refractivity contribution in [2.75, 3.05) is 17.1 Å².